The van der Waals surface area contributed by atoms with Crippen molar-refractivity contribution < 1.29 is 38.1 Å². The van der Waals surface area contributed by atoms with E-state index in [1.54, 1.807) is 24.3 Å². The number of carboxylic acids is 2. The molecule has 0 radical (unpaired) electrons. The van der Waals surface area contributed by atoms with E-state index in [-0.39, 0.29) is 23.5 Å². The Hall–Kier alpha value is -3.18. The Morgan fingerprint density at radius 1 is 0.634 bits per heavy atom. The summed E-state index contributed by atoms with van der Waals surface area (Å²) in [7, 11) is 0. The lowest BCUT2D eigenvalue weighted by Gasteiger charge is -2.09. The normalized spacial score (nSPS) is 12.8. The van der Waals surface area contributed by atoms with Crippen LogP contribution >= 0.6 is 56.7 Å². The van der Waals surface area contributed by atoms with Crippen LogP contribution in [0.4, 0.5) is 8.78 Å². The highest BCUT2D eigenvalue weighted by atomic mass is 32.1. The molecule has 5 aromatic rings. The zero-order valence-corrected chi connectivity index (χ0v) is 24.7. The summed E-state index contributed by atoms with van der Waals surface area (Å²) in [5, 5.41) is 17.7. The second-order valence-electron chi connectivity index (χ2n) is 8.49. The average Bonchev–Trinajstić information content (AvgIpc) is 3.75. The SMILES string of the molecule is N[C@H](COc1cc(-c2ccc(F)s2)sc1-c1ccc(-c2sc(-c3ccc(F)s3)cc2OC[C@H](N)C(=O)O)s1)C(=O)O. The number of aliphatic carboxylic acids is 2. The van der Waals surface area contributed by atoms with Crippen molar-refractivity contribution in [1.29, 1.82) is 0 Å². The molecule has 0 aromatic carbocycles. The molecule has 0 aliphatic rings. The molecule has 0 aliphatic carbocycles. The fraction of sp³-hybridized carbons (Fsp3) is 0.154. The molecule has 5 aromatic heterocycles. The van der Waals surface area contributed by atoms with E-state index in [2.05, 4.69) is 0 Å². The van der Waals surface area contributed by atoms with Gasteiger partial charge < -0.3 is 31.2 Å². The highest BCUT2D eigenvalue weighted by Gasteiger charge is 2.23. The van der Waals surface area contributed by atoms with E-state index in [1.807, 2.05) is 12.1 Å². The third kappa shape index (κ3) is 6.67. The topological polar surface area (TPSA) is 145 Å². The molecule has 0 aliphatic heterocycles. The van der Waals surface area contributed by atoms with Crippen molar-refractivity contribution >= 4 is 68.6 Å². The van der Waals surface area contributed by atoms with E-state index in [0.29, 0.717) is 31.0 Å². The monoisotopic (exact) mass is 654 g/mol. The Morgan fingerprint density at radius 2 is 1.02 bits per heavy atom. The maximum Gasteiger partial charge on any atom is 0.324 e. The van der Waals surface area contributed by atoms with E-state index >= 15 is 0 Å². The van der Waals surface area contributed by atoms with Crippen LogP contribution in [0.25, 0.3) is 39.0 Å². The van der Waals surface area contributed by atoms with Crippen molar-refractivity contribution in [2.45, 2.75) is 12.1 Å². The Morgan fingerprint density at radius 3 is 1.37 bits per heavy atom. The van der Waals surface area contributed by atoms with Crippen LogP contribution in [0, 0.1) is 10.3 Å². The van der Waals surface area contributed by atoms with Gasteiger partial charge in [0.2, 0.25) is 0 Å². The second kappa shape index (κ2) is 12.4. The molecular formula is C26H20F2N2O6S5. The Labute approximate surface area is 251 Å². The molecule has 5 rings (SSSR count). The molecule has 0 bridgehead atoms. The maximum absolute atomic E-state index is 13.7. The molecule has 0 unspecified atom stereocenters. The largest absolute Gasteiger partial charge is 0.490 e. The first-order valence-corrected chi connectivity index (χ1v) is 15.8. The van der Waals surface area contributed by atoms with Crippen molar-refractivity contribution in [3.8, 4) is 50.5 Å². The molecule has 0 saturated heterocycles. The molecule has 0 amide bonds. The van der Waals surface area contributed by atoms with Gasteiger partial charge in [-0.25, -0.2) is 0 Å². The standard InChI is InChI=1S/C26H20F2N2O6S5/c27-21-5-3-15(38-21)19-7-13(35-9-11(29)25(31)32)23(40-19)17-1-2-18(37-17)24-14(36-10-12(30)26(33)34)8-20(41-24)16-4-6-22(28)39-16/h1-8,11-12H,9-10,29-30H2,(H,31,32)(H,33,34)/t11-,12+. The van der Waals surface area contributed by atoms with Gasteiger partial charge in [-0.05, 0) is 36.4 Å². The van der Waals surface area contributed by atoms with Crippen molar-refractivity contribution in [2.24, 2.45) is 11.5 Å². The van der Waals surface area contributed by atoms with Crippen LogP contribution in [-0.2, 0) is 9.59 Å². The molecule has 0 fully saturated rings. The number of hydrogen-bond acceptors (Lipinski definition) is 11. The lowest BCUT2D eigenvalue weighted by Crippen LogP contribution is -2.36. The number of ether oxygens (including phenoxy) is 2. The van der Waals surface area contributed by atoms with Crippen LogP contribution in [0.1, 0.15) is 0 Å². The number of carbonyl (C=O) groups is 2. The summed E-state index contributed by atoms with van der Waals surface area (Å²) >= 11 is 6.10. The quantitative estimate of drug-likeness (QED) is 0.119. The molecule has 0 spiro atoms. The second-order valence-corrected chi connectivity index (χ2v) is 13.7. The molecule has 0 saturated carbocycles. The Bertz CT molecular complexity index is 1580. The minimum absolute atomic E-state index is 0.261. The molecule has 41 heavy (non-hydrogen) atoms. The van der Waals surface area contributed by atoms with Crippen LogP contribution in [0.15, 0.2) is 48.5 Å². The zero-order valence-electron chi connectivity index (χ0n) is 20.7. The van der Waals surface area contributed by atoms with Crippen molar-refractivity contribution in [3.63, 3.8) is 0 Å². The van der Waals surface area contributed by atoms with Gasteiger partial charge in [0.15, 0.2) is 10.3 Å². The van der Waals surface area contributed by atoms with Gasteiger partial charge >= 0.3 is 11.9 Å². The summed E-state index contributed by atoms with van der Waals surface area (Å²) in [4.78, 5) is 28.3. The van der Waals surface area contributed by atoms with Gasteiger partial charge in [0.05, 0.1) is 9.75 Å². The third-order valence-corrected chi connectivity index (χ3v) is 11.4. The van der Waals surface area contributed by atoms with Gasteiger partial charge in [-0.3, -0.25) is 9.59 Å². The van der Waals surface area contributed by atoms with Gasteiger partial charge in [0, 0.05) is 41.4 Å². The van der Waals surface area contributed by atoms with Crippen molar-refractivity contribution in [2.75, 3.05) is 13.2 Å². The number of thiophene rings is 5. The van der Waals surface area contributed by atoms with E-state index in [9.17, 15) is 28.6 Å². The molecule has 8 nitrogen and oxygen atoms in total. The number of hydrogen-bond donors (Lipinski definition) is 4. The lowest BCUT2D eigenvalue weighted by molar-refractivity contribution is -0.140. The minimum atomic E-state index is -1.23. The third-order valence-electron chi connectivity index (χ3n) is 5.55. The average molecular weight is 655 g/mol. The molecule has 6 N–H and O–H groups in total. The first kappa shape index (κ1) is 29.3. The fourth-order valence-electron chi connectivity index (χ4n) is 3.53. The smallest absolute Gasteiger partial charge is 0.324 e. The lowest BCUT2D eigenvalue weighted by atomic mass is 10.3. The zero-order chi connectivity index (χ0) is 29.3. The molecule has 15 heteroatoms. The van der Waals surface area contributed by atoms with Crippen LogP contribution in [-0.4, -0.2) is 47.4 Å². The first-order valence-electron chi connectivity index (χ1n) is 11.7. The Kier molecular flexibility index (Phi) is 8.84. The summed E-state index contributed by atoms with van der Waals surface area (Å²) in [5.74, 6) is -1.58. The van der Waals surface area contributed by atoms with E-state index < -0.39 is 24.0 Å². The predicted octanol–water partition coefficient (Wildman–Crippen LogP) is 6.52. The Balaban J connectivity index is 1.51. The van der Waals surface area contributed by atoms with Crippen molar-refractivity contribution in [1.82, 2.24) is 0 Å². The number of halogens is 2. The van der Waals surface area contributed by atoms with Crippen LogP contribution in [0.5, 0.6) is 11.5 Å². The summed E-state index contributed by atoms with van der Waals surface area (Å²) in [5.41, 5.74) is 11.3. The minimum Gasteiger partial charge on any atom is -0.490 e. The molecular weight excluding hydrogens is 635 g/mol. The van der Waals surface area contributed by atoms with Gasteiger partial charge in [-0.2, -0.15) is 8.78 Å². The molecule has 2 atom stereocenters. The van der Waals surface area contributed by atoms with Crippen LogP contribution < -0.4 is 20.9 Å². The predicted molar refractivity (Wildman–Crippen MR) is 160 cm³/mol. The maximum atomic E-state index is 13.7. The number of carboxylic acid groups (broad SMARTS) is 2. The summed E-state index contributed by atoms with van der Waals surface area (Å²) < 4.78 is 39.1. The highest BCUT2D eigenvalue weighted by Crippen LogP contribution is 2.51. The van der Waals surface area contributed by atoms with Gasteiger partial charge in [-0.1, -0.05) is 0 Å². The molecule has 5 heterocycles. The van der Waals surface area contributed by atoms with Gasteiger partial charge in [0.25, 0.3) is 0 Å². The number of nitrogens with two attached hydrogens (primary N) is 2. The summed E-state index contributed by atoms with van der Waals surface area (Å²) in [6.07, 6.45) is 0. The van der Waals surface area contributed by atoms with E-state index in [0.717, 1.165) is 42.2 Å². The van der Waals surface area contributed by atoms with E-state index in [1.165, 1.54) is 46.1 Å². The highest BCUT2D eigenvalue weighted by molar-refractivity contribution is 7.29. The van der Waals surface area contributed by atoms with Gasteiger partial charge in [-0.15, -0.1) is 56.7 Å². The summed E-state index contributed by atoms with van der Waals surface area (Å²) in [6.45, 7) is -0.522. The van der Waals surface area contributed by atoms with Crippen LogP contribution in [0.2, 0.25) is 0 Å². The first-order chi connectivity index (χ1) is 19.6. The fourth-order valence-corrected chi connectivity index (χ4v) is 8.59. The number of rotatable bonds is 12. The van der Waals surface area contributed by atoms with Crippen molar-refractivity contribution in [3.05, 3.63) is 58.8 Å². The summed E-state index contributed by atoms with van der Waals surface area (Å²) in [6, 6.07) is 10.8. The van der Waals surface area contributed by atoms with Crippen LogP contribution in [0.3, 0.4) is 0 Å². The molecule has 214 valence electrons. The van der Waals surface area contributed by atoms with Gasteiger partial charge in [0.1, 0.15) is 36.8 Å². The van der Waals surface area contributed by atoms with E-state index in [4.69, 9.17) is 20.9 Å².